The van der Waals surface area contributed by atoms with Gasteiger partial charge in [0.2, 0.25) is 5.91 Å². The lowest BCUT2D eigenvalue weighted by molar-refractivity contribution is -0.138. The first-order chi connectivity index (χ1) is 8.61. The van der Waals surface area contributed by atoms with Gasteiger partial charge in [-0.15, -0.1) is 0 Å². The highest BCUT2D eigenvalue weighted by Gasteiger charge is 2.12. The fraction of sp³-hybridized carbons (Fsp3) is 0.636. The van der Waals surface area contributed by atoms with Gasteiger partial charge < -0.3 is 10.4 Å². The second-order valence-electron chi connectivity index (χ2n) is 4.08. The standard InChI is InChI=1S/C11H18N4O3/c1-2-9(5-11(17)18)6-13-10(16)3-4-15-8-12-7-14-15/h7-9H,2-6H2,1H3,(H,13,16)(H,17,18). The molecule has 1 heterocycles. The summed E-state index contributed by atoms with van der Waals surface area (Å²) in [6.45, 7) is 2.79. The van der Waals surface area contributed by atoms with Crippen molar-refractivity contribution in [2.45, 2.75) is 32.7 Å². The molecule has 0 aliphatic heterocycles. The summed E-state index contributed by atoms with van der Waals surface area (Å²) in [5.41, 5.74) is 0. The van der Waals surface area contributed by atoms with Crippen molar-refractivity contribution in [3.8, 4) is 0 Å². The first-order valence-electron chi connectivity index (χ1n) is 5.92. The fourth-order valence-electron chi connectivity index (χ4n) is 1.52. The summed E-state index contributed by atoms with van der Waals surface area (Å²) in [5, 5.41) is 15.3. The normalized spacial score (nSPS) is 12.1. The summed E-state index contributed by atoms with van der Waals surface area (Å²) in [6, 6.07) is 0. The molecule has 1 aromatic rings. The van der Waals surface area contributed by atoms with Gasteiger partial charge in [0.05, 0.1) is 6.54 Å². The number of rotatable bonds is 8. The minimum Gasteiger partial charge on any atom is -0.481 e. The van der Waals surface area contributed by atoms with Crippen LogP contribution < -0.4 is 5.32 Å². The van der Waals surface area contributed by atoms with Crippen molar-refractivity contribution in [1.82, 2.24) is 20.1 Å². The number of amides is 1. The number of carbonyl (C=O) groups excluding carboxylic acids is 1. The van der Waals surface area contributed by atoms with Gasteiger partial charge in [0.25, 0.3) is 0 Å². The summed E-state index contributed by atoms with van der Waals surface area (Å²) >= 11 is 0. The van der Waals surface area contributed by atoms with E-state index in [0.717, 1.165) is 6.42 Å². The van der Waals surface area contributed by atoms with E-state index in [-0.39, 0.29) is 18.2 Å². The van der Waals surface area contributed by atoms with Crippen LogP contribution in [0, 0.1) is 5.92 Å². The van der Waals surface area contributed by atoms with Crippen molar-refractivity contribution in [2.75, 3.05) is 6.54 Å². The van der Waals surface area contributed by atoms with Crippen LogP contribution in [-0.4, -0.2) is 38.3 Å². The predicted molar refractivity (Wildman–Crippen MR) is 63.7 cm³/mol. The van der Waals surface area contributed by atoms with Crippen LogP contribution in [-0.2, 0) is 16.1 Å². The highest BCUT2D eigenvalue weighted by molar-refractivity contribution is 5.75. The van der Waals surface area contributed by atoms with Crippen molar-refractivity contribution in [3.05, 3.63) is 12.7 Å². The van der Waals surface area contributed by atoms with Gasteiger partial charge in [0.1, 0.15) is 12.7 Å². The maximum atomic E-state index is 11.5. The van der Waals surface area contributed by atoms with E-state index in [1.807, 2.05) is 6.92 Å². The third-order valence-corrected chi connectivity index (χ3v) is 2.66. The van der Waals surface area contributed by atoms with Crippen molar-refractivity contribution < 1.29 is 14.7 Å². The number of carboxylic acid groups (broad SMARTS) is 1. The zero-order valence-corrected chi connectivity index (χ0v) is 10.4. The predicted octanol–water partition coefficient (Wildman–Crippen LogP) is 0.285. The zero-order valence-electron chi connectivity index (χ0n) is 10.4. The molecule has 1 unspecified atom stereocenters. The van der Waals surface area contributed by atoms with Crippen LogP contribution in [0.15, 0.2) is 12.7 Å². The average molecular weight is 254 g/mol. The number of hydrogen-bond acceptors (Lipinski definition) is 4. The van der Waals surface area contributed by atoms with Gasteiger partial charge in [0, 0.05) is 19.4 Å². The minimum atomic E-state index is -0.835. The van der Waals surface area contributed by atoms with Gasteiger partial charge in [0.15, 0.2) is 0 Å². The highest BCUT2D eigenvalue weighted by Crippen LogP contribution is 2.06. The van der Waals surface area contributed by atoms with E-state index in [1.54, 1.807) is 11.0 Å². The van der Waals surface area contributed by atoms with E-state index in [1.165, 1.54) is 6.33 Å². The van der Waals surface area contributed by atoms with E-state index < -0.39 is 5.97 Å². The molecule has 0 saturated heterocycles. The Morgan fingerprint density at radius 2 is 2.28 bits per heavy atom. The molecule has 7 nitrogen and oxygen atoms in total. The van der Waals surface area contributed by atoms with E-state index in [4.69, 9.17) is 5.11 Å². The molecule has 1 atom stereocenters. The van der Waals surface area contributed by atoms with Crippen LogP contribution in [0.2, 0.25) is 0 Å². The van der Waals surface area contributed by atoms with Crippen LogP contribution in [0.3, 0.4) is 0 Å². The second-order valence-corrected chi connectivity index (χ2v) is 4.08. The molecule has 1 aromatic heterocycles. The molecule has 0 saturated carbocycles. The molecular weight excluding hydrogens is 236 g/mol. The number of nitrogens with zero attached hydrogens (tertiary/aromatic N) is 3. The Morgan fingerprint density at radius 1 is 1.50 bits per heavy atom. The smallest absolute Gasteiger partial charge is 0.303 e. The summed E-state index contributed by atoms with van der Waals surface area (Å²) in [5.74, 6) is -0.953. The van der Waals surface area contributed by atoms with Crippen molar-refractivity contribution in [2.24, 2.45) is 5.92 Å². The number of carbonyl (C=O) groups is 2. The van der Waals surface area contributed by atoms with Crippen molar-refractivity contribution in [3.63, 3.8) is 0 Å². The van der Waals surface area contributed by atoms with Gasteiger partial charge in [-0.3, -0.25) is 14.3 Å². The Kier molecular flexibility index (Phi) is 5.83. The maximum absolute atomic E-state index is 11.5. The molecular formula is C11H18N4O3. The van der Waals surface area contributed by atoms with E-state index in [0.29, 0.717) is 19.5 Å². The number of carboxylic acids is 1. The summed E-state index contributed by atoms with van der Waals surface area (Å²) in [4.78, 5) is 25.9. The molecule has 0 aliphatic rings. The van der Waals surface area contributed by atoms with Gasteiger partial charge in [-0.25, -0.2) is 4.98 Å². The molecule has 2 N–H and O–H groups in total. The number of hydrogen-bond donors (Lipinski definition) is 2. The average Bonchev–Trinajstić information content (AvgIpc) is 2.84. The van der Waals surface area contributed by atoms with E-state index >= 15 is 0 Å². The Labute approximate surface area is 105 Å². The third kappa shape index (κ3) is 5.42. The SMILES string of the molecule is CCC(CNC(=O)CCn1cncn1)CC(=O)O. The molecule has 0 aromatic carbocycles. The van der Waals surface area contributed by atoms with Crippen molar-refractivity contribution >= 4 is 11.9 Å². The van der Waals surface area contributed by atoms with E-state index in [9.17, 15) is 9.59 Å². The largest absolute Gasteiger partial charge is 0.481 e. The molecule has 18 heavy (non-hydrogen) atoms. The lowest BCUT2D eigenvalue weighted by Crippen LogP contribution is -2.30. The molecule has 0 fully saturated rings. The van der Waals surface area contributed by atoms with Crippen LogP contribution in [0.4, 0.5) is 0 Å². The third-order valence-electron chi connectivity index (χ3n) is 2.66. The molecule has 0 bridgehead atoms. The molecule has 0 spiro atoms. The number of aliphatic carboxylic acids is 1. The second kappa shape index (κ2) is 7.41. The van der Waals surface area contributed by atoms with Crippen LogP contribution in [0.25, 0.3) is 0 Å². The highest BCUT2D eigenvalue weighted by atomic mass is 16.4. The maximum Gasteiger partial charge on any atom is 0.303 e. The van der Waals surface area contributed by atoms with Gasteiger partial charge in [-0.05, 0) is 5.92 Å². The van der Waals surface area contributed by atoms with Gasteiger partial charge in [-0.2, -0.15) is 5.10 Å². The summed E-state index contributed by atoms with van der Waals surface area (Å²) < 4.78 is 1.58. The van der Waals surface area contributed by atoms with Crippen LogP contribution >= 0.6 is 0 Å². The lowest BCUT2D eigenvalue weighted by atomic mass is 10.0. The number of aryl methyl sites for hydroxylation is 1. The molecule has 1 rings (SSSR count). The molecule has 0 aliphatic carbocycles. The first kappa shape index (κ1) is 14.1. The Balaban J connectivity index is 2.21. The monoisotopic (exact) mass is 254 g/mol. The molecule has 1 amide bonds. The Morgan fingerprint density at radius 3 is 2.83 bits per heavy atom. The minimum absolute atomic E-state index is 0.0159. The fourth-order valence-corrected chi connectivity index (χ4v) is 1.52. The molecule has 0 radical (unpaired) electrons. The van der Waals surface area contributed by atoms with Crippen LogP contribution in [0.1, 0.15) is 26.2 Å². The number of aromatic nitrogens is 3. The van der Waals surface area contributed by atoms with E-state index in [2.05, 4.69) is 15.4 Å². The quantitative estimate of drug-likeness (QED) is 0.694. The Bertz CT molecular complexity index is 378. The summed E-state index contributed by atoms with van der Waals surface area (Å²) in [7, 11) is 0. The van der Waals surface area contributed by atoms with Gasteiger partial charge in [-0.1, -0.05) is 13.3 Å². The molecule has 7 heteroatoms. The molecule has 100 valence electrons. The van der Waals surface area contributed by atoms with Gasteiger partial charge >= 0.3 is 5.97 Å². The van der Waals surface area contributed by atoms with Crippen molar-refractivity contribution in [1.29, 1.82) is 0 Å². The lowest BCUT2D eigenvalue weighted by Gasteiger charge is -2.13. The number of nitrogens with one attached hydrogen (secondary N) is 1. The van der Waals surface area contributed by atoms with Crippen LogP contribution in [0.5, 0.6) is 0 Å². The zero-order chi connectivity index (χ0) is 13.4. The summed E-state index contributed by atoms with van der Waals surface area (Å²) in [6.07, 6.45) is 4.09. The Hall–Kier alpha value is -1.92. The first-order valence-corrected chi connectivity index (χ1v) is 5.92. The topological polar surface area (TPSA) is 97.1 Å².